The van der Waals surface area contributed by atoms with Crippen LogP contribution in [0.3, 0.4) is 0 Å². The molecule has 1 saturated heterocycles. The summed E-state index contributed by atoms with van der Waals surface area (Å²) in [7, 11) is -3.52. The van der Waals surface area contributed by atoms with Crippen LogP contribution in [-0.4, -0.2) is 48.0 Å². The Hall–Kier alpha value is -1.18. The summed E-state index contributed by atoms with van der Waals surface area (Å²) < 4.78 is 26.7. The van der Waals surface area contributed by atoms with Gasteiger partial charge in [0.25, 0.3) is 0 Å². The van der Waals surface area contributed by atoms with E-state index in [1.165, 1.54) is 16.6 Å². The number of aliphatic hydroxyl groups is 1. The molecule has 0 unspecified atom stereocenters. The lowest BCUT2D eigenvalue weighted by molar-refractivity contribution is 0.0126. The van der Waals surface area contributed by atoms with Crippen LogP contribution in [0.2, 0.25) is 0 Å². The number of anilines is 1. The molecule has 0 bridgehead atoms. The number of piperidine rings is 1. The van der Waals surface area contributed by atoms with Crippen LogP contribution in [0.5, 0.6) is 0 Å². The van der Waals surface area contributed by atoms with Gasteiger partial charge in [0, 0.05) is 31.9 Å². The molecule has 6 nitrogen and oxygen atoms in total. The maximum atomic E-state index is 12.6. The molecule has 7 heteroatoms. The van der Waals surface area contributed by atoms with Gasteiger partial charge < -0.3 is 10.4 Å². The van der Waals surface area contributed by atoms with E-state index in [9.17, 15) is 13.5 Å². The average molecular weight is 313 g/mol. The standard InChI is InChI=1S/C14H23N3O3S/c1-3-7-15-13-11-12(4-8-16-13)21(19,20)17-9-5-14(2,18)6-10-17/h4,8,11,18H,3,5-7,9-10H2,1-2H3,(H,15,16). The Morgan fingerprint density at radius 1 is 1.43 bits per heavy atom. The molecule has 21 heavy (non-hydrogen) atoms. The lowest BCUT2D eigenvalue weighted by atomic mass is 9.95. The smallest absolute Gasteiger partial charge is 0.243 e. The van der Waals surface area contributed by atoms with Crippen molar-refractivity contribution < 1.29 is 13.5 Å². The van der Waals surface area contributed by atoms with Gasteiger partial charge in [-0.05, 0) is 32.3 Å². The minimum atomic E-state index is -3.52. The van der Waals surface area contributed by atoms with Crippen LogP contribution in [0, 0.1) is 0 Å². The zero-order valence-corrected chi connectivity index (χ0v) is 13.4. The monoisotopic (exact) mass is 313 g/mol. The Labute approximate surface area is 126 Å². The summed E-state index contributed by atoms with van der Waals surface area (Å²) in [4.78, 5) is 4.37. The number of pyridine rings is 1. The van der Waals surface area contributed by atoms with Crippen LogP contribution < -0.4 is 5.32 Å². The van der Waals surface area contributed by atoms with E-state index < -0.39 is 15.6 Å². The van der Waals surface area contributed by atoms with Gasteiger partial charge in [0.05, 0.1) is 10.5 Å². The summed E-state index contributed by atoms with van der Waals surface area (Å²) in [6.07, 6.45) is 3.36. The van der Waals surface area contributed by atoms with Gasteiger partial charge in [0.15, 0.2) is 0 Å². The number of hydrogen-bond acceptors (Lipinski definition) is 5. The third-order valence-electron chi connectivity index (χ3n) is 3.72. The fourth-order valence-electron chi connectivity index (χ4n) is 2.28. The van der Waals surface area contributed by atoms with Gasteiger partial charge in [-0.15, -0.1) is 0 Å². The third kappa shape index (κ3) is 3.93. The topological polar surface area (TPSA) is 82.5 Å². The molecular weight excluding hydrogens is 290 g/mol. The molecule has 1 aliphatic rings. The summed E-state index contributed by atoms with van der Waals surface area (Å²) >= 11 is 0. The van der Waals surface area contributed by atoms with Crippen molar-refractivity contribution in [2.75, 3.05) is 25.0 Å². The van der Waals surface area contributed by atoms with Crippen LogP contribution in [0.1, 0.15) is 33.1 Å². The van der Waals surface area contributed by atoms with E-state index in [4.69, 9.17) is 0 Å². The number of sulfonamides is 1. The van der Waals surface area contributed by atoms with Gasteiger partial charge in [-0.1, -0.05) is 6.92 Å². The first-order chi connectivity index (χ1) is 9.85. The zero-order valence-electron chi connectivity index (χ0n) is 12.5. The lowest BCUT2D eigenvalue weighted by Crippen LogP contribution is -2.45. The largest absolute Gasteiger partial charge is 0.390 e. The van der Waals surface area contributed by atoms with Crippen molar-refractivity contribution in [2.24, 2.45) is 0 Å². The van der Waals surface area contributed by atoms with Crippen LogP contribution in [-0.2, 0) is 10.0 Å². The van der Waals surface area contributed by atoms with Crippen LogP contribution in [0.15, 0.2) is 23.2 Å². The summed E-state index contributed by atoms with van der Waals surface area (Å²) in [6, 6.07) is 3.08. The number of nitrogens with zero attached hydrogens (tertiary/aromatic N) is 2. The fraction of sp³-hybridized carbons (Fsp3) is 0.643. The molecule has 118 valence electrons. The number of rotatable bonds is 5. The van der Waals surface area contributed by atoms with E-state index in [2.05, 4.69) is 10.3 Å². The predicted octanol–water partition coefficient (Wildman–Crippen LogP) is 1.44. The van der Waals surface area contributed by atoms with Crippen molar-refractivity contribution in [3.8, 4) is 0 Å². The van der Waals surface area contributed by atoms with E-state index >= 15 is 0 Å². The first-order valence-electron chi connectivity index (χ1n) is 7.28. The Balaban J connectivity index is 2.16. The molecule has 0 aromatic carbocycles. The second-order valence-corrected chi connectivity index (χ2v) is 7.64. The molecular formula is C14H23N3O3S. The third-order valence-corrected chi connectivity index (χ3v) is 5.62. The van der Waals surface area contributed by atoms with Gasteiger partial charge in [-0.2, -0.15) is 4.31 Å². The van der Waals surface area contributed by atoms with Gasteiger partial charge in [0.2, 0.25) is 10.0 Å². The summed E-state index contributed by atoms with van der Waals surface area (Å²) in [5, 5.41) is 13.0. The second kappa shape index (κ2) is 6.29. The maximum absolute atomic E-state index is 12.6. The van der Waals surface area contributed by atoms with Gasteiger partial charge in [-0.25, -0.2) is 13.4 Å². The predicted molar refractivity (Wildman–Crippen MR) is 81.6 cm³/mol. The Morgan fingerprint density at radius 3 is 2.71 bits per heavy atom. The van der Waals surface area contributed by atoms with Crippen molar-refractivity contribution in [1.82, 2.24) is 9.29 Å². The highest BCUT2D eigenvalue weighted by molar-refractivity contribution is 7.89. The Kier molecular flexibility index (Phi) is 4.85. The normalized spacial score (nSPS) is 19.4. The van der Waals surface area contributed by atoms with Crippen LogP contribution in [0.25, 0.3) is 0 Å². The number of nitrogens with one attached hydrogen (secondary N) is 1. The SMILES string of the molecule is CCCNc1cc(S(=O)(=O)N2CCC(C)(O)CC2)ccn1. The van der Waals surface area contributed by atoms with E-state index in [0.717, 1.165) is 13.0 Å². The summed E-state index contributed by atoms with van der Waals surface area (Å²) in [6.45, 7) is 5.22. The van der Waals surface area contributed by atoms with E-state index in [1.807, 2.05) is 6.92 Å². The molecule has 0 spiro atoms. The highest BCUT2D eigenvalue weighted by atomic mass is 32.2. The van der Waals surface area contributed by atoms with E-state index in [1.54, 1.807) is 13.0 Å². The fourth-order valence-corrected chi connectivity index (χ4v) is 3.73. The molecule has 1 fully saturated rings. The lowest BCUT2D eigenvalue weighted by Gasteiger charge is -2.34. The molecule has 1 aromatic rings. The first kappa shape index (κ1) is 16.2. The molecule has 0 saturated carbocycles. The molecule has 0 aliphatic carbocycles. The maximum Gasteiger partial charge on any atom is 0.243 e. The molecule has 0 amide bonds. The minimum absolute atomic E-state index is 0.248. The van der Waals surface area contributed by atoms with Crippen molar-refractivity contribution in [1.29, 1.82) is 0 Å². The molecule has 0 radical (unpaired) electrons. The van der Waals surface area contributed by atoms with Gasteiger partial charge >= 0.3 is 0 Å². The second-order valence-electron chi connectivity index (χ2n) is 5.70. The highest BCUT2D eigenvalue weighted by Gasteiger charge is 2.34. The van der Waals surface area contributed by atoms with Gasteiger partial charge in [-0.3, -0.25) is 0 Å². The summed E-state index contributed by atoms with van der Waals surface area (Å²) in [5.74, 6) is 0.571. The van der Waals surface area contributed by atoms with Crippen molar-refractivity contribution in [3.63, 3.8) is 0 Å². The minimum Gasteiger partial charge on any atom is -0.390 e. The molecule has 0 atom stereocenters. The van der Waals surface area contributed by atoms with Crippen molar-refractivity contribution in [3.05, 3.63) is 18.3 Å². The van der Waals surface area contributed by atoms with Crippen LogP contribution in [0.4, 0.5) is 5.82 Å². The van der Waals surface area contributed by atoms with E-state index in [0.29, 0.717) is 31.7 Å². The average Bonchev–Trinajstić information content (AvgIpc) is 2.45. The van der Waals surface area contributed by atoms with Gasteiger partial charge in [0.1, 0.15) is 5.82 Å². The van der Waals surface area contributed by atoms with E-state index in [-0.39, 0.29) is 4.90 Å². The molecule has 2 rings (SSSR count). The molecule has 1 aliphatic heterocycles. The highest BCUT2D eigenvalue weighted by Crippen LogP contribution is 2.26. The number of hydrogen-bond donors (Lipinski definition) is 2. The molecule has 1 aromatic heterocycles. The van der Waals surface area contributed by atoms with Crippen molar-refractivity contribution in [2.45, 2.75) is 43.6 Å². The molecule has 2 heterocycles. The number of aromatic nitrogens is 1. The quantitative estimate of drug-likeness (QED) is 0.859. The first-order valence-corrected chi connectivity index (χ1v) is 8.72. The Bertz CT molecular complexity index is 577. The molecule has 2 N–H and O–H groups in total. The van der Waals surface area contributed by atoms with Crippen LogP contribution >= 0.6 is 0 Å². The van der Waals surface area contributed by atoms with Crippen molar-refractivity contribution >= 4 is 15.8 Å². The summed E-state index contributed by atoms with van der Waals surface area (Å²) in [5.41, 5.74) is -0.766. The zero-order chi connectivity index (χ0) is 15.5. The Morgan fingerprint density at radius 2 is 2.10 bits per heavy atom.